The molecule has 0 radical (unpaired) electrons. The second kappa shape index (κ2) is 7.53. The molecule has 1 aliphatic heterocycles. The summed E-state index contributed by atoms with van der Waals surface area (Å²) in [6.07, 6.45) is 1.30. The Balaban J connectivity index is 2.06. The molecule has 1 aliphatic rings. The molecule has 0 aromatic heterocycles. The van der Waals surface area contributed by atoms with Crippen molar-refractivity contribution in [2.45, 2.75) is 31.6 Å². The van der Waals surface area contributed by atoms with Crippen molar-refractivity contribution in [2.75, 3.05) is 24.1 Å². The van der Waals surface area contributed by atoms with Crippen LogP contribution in [0, 0.1) is 5.82 Å². The fourth-order valence-corrected chi connectivity index (χ4v) is 4.69. The fraction of sp³-hybridized carbons (Fsp3) is 0.368. The van der Waals surface area contributed by atoms with Crippen LogP contribution in [-0.4, -0.2) is 28.2 Å². The van der Waals surface area contributed by atoms with Gasteiger partial charge < -0.3 is 9.47 Å². The minimum absolute atomic E-state index is 0.0560. The number of hydrogen-bond acceptors (Lipinski definition) is 4. The van der Waals surface area contributed by atoms with Crippen LogP contribution < -0.4 is 13.8 Å². The smallest absolute Gasteiger partial charge is 0.264 e. The minimum Gasteiger partial charge on any atom is -0.490 e. The van der Waals surface area contributed by atoms with E-state index in [-0.39, 0.29) is 17.1 Å². The third kappa shape index (κ3) is 3.35. The monoisotopic (exact) mass is 379 g/mol. The van der Waals surface area contributed by atoms with Crippen molar-refractivity contribution < 1.29 is 22.3 Å². The Labute approximate surface area is 153 Å². The van der Waals surface area contributed by atoms with Crippen molar-refractivity contribution in [3.63, 3.8) is 0 Å². The van der Waals surface area contributed by atoms with Crippen LogP contribution in [0.5, 0.6) is 11.5 Å². The maximum absolute atomic E-state index is 14.4. The van der Waals surface area contributed by atoms with E-state index in [1.165, 1.54) is 18.2 Å². The second-order valence-electron chi connectivity index (χ2n) is 5.90. The van der Waals surface area contributed by atoms with E-state index in [0.29, 0.717) is 43.1 Å². The van der Waals surface area contributed by atoms with Gasteiger partial charge in [-0.3, -0.25) is 4.31 Å². The highest BCUT2D eigenvalue weighted by atomic mass is 32.2. The Kier molecular flexibility index (Phi) is 5.36. The number of benzene rings is 2. The van der Waals surface area contributed by atoms with Gasteiger partial charge in [0.2, 0.25) is 0 Å². The van der Waals surface area contributed by atoms with Gasteiger partial charge >= 0.3 is 0 Å². The predicted octanol–water partition coefficient (Wildman–Crippen LogP) is 3.76. The summed E-state index contributed by atoms with van der Waals surface area (Å²) < 4.78 is 52.9. The quantitative estimate of drug-likeness (QED) is 0.767. The van der Waals surface area contributed by atoms with Gasteiger partial charge in [-0.1, -0.05) is 12.1 Å². The van der Waals surface area contributed by atoms with E-state index in [1.807, 2.05) is 13.8 Å². The van der Waals surface area contributed by atoms with E-state index in [2.05, 4.69) is 0 Å². The number of fused-ring (bicyclic) bond motifs is 1. The summed E-state index contributed by atoms with van der Waals surface area (Å²) in [5.41, 5.74) is 0.849. The lowest BCUT2D eigenvalue weighted by atomic mass is 10.0. The molecule has 3 rings (SSSR count). The normalized spacial score (nSPS) is 14.0. The molecule has 2 aromatic carbocycles. The van der Waals surface area contributed by atoms with Gasteiger partial charge in [0, 0.05) is 12.6 Å². The summed E-state index contributed by atoms with van der Waals surface area (Å²) in [4.78, 5) is 0.0560. The first-order valence-electron chi connectivity index (χ1n) is 8.68. The summed E-state index contributed by atoms with van der Waals surface area (Å²) in [6.45, 7) is 4.72. The minimum atomic E-state index is -3.91. The second-order valence-corrected chi connectivity index (χ2v) is 7.77. The van der Waals surface area contributed by atoms with Crippen molar-refractivity contribution >= 4 is 15.7 Å². The first kappa shape index (κ1) is 18.5. The topological polar surface area (TPSA) is 55.8 Å². The van der Waals surface area contributed by atoms with E-state index in [4.69, 9.17) is 9.47 Å². The number of sulfonamides is 1. The number of para-hydroxylation sites is 1. The Bertz CT molecular complexity index is 898. The van der Waals surface area contributed by atoms with Crippen molar-refractivity contribution in [3.8, 4) is 11.5 Å². The van der Waals surface area contributed by atoms with Crippen LogP contribution >= 0.6 is 0 Å². The van der Waals surface area contributed by atoms with E-state index in [1.54, 1.807) is 18.2 Å². The molecule has 0 fully saturated rings. The van der Waals surface area contributed by atoms with Crippen molar-refractivity contribution in [2.24, 2.45) is 0 Å². The van der Waals surface area contributed by atoms with E-state index in [9.17, 15) is 12.8 Å². The number of halogens is 1. The summed E-state index contributed by atoms with van der Waals surface area (Å²) >= 11 is 0. The first-order valence-corrected chi connectivity index (χ1v) is 10.1. The van der Waals surface area contributed by atoms with Crippen LogP contribution in [0.3, 0.4) is 0 Å². The van der Waals surface area contributed by atoms with Gasteiger partial charge in [0.15, 0.2) is 11.5 Å². The van der Waals surface area contributed by atoms with Crippen LogP contribution in [-0.2, 0) is 16.4 Å². The number of ether oxygens (including phenoxy) is 2. The molecule has 5 nitrogen and oxygen atoms in total. The van der Waals surface area contributed by atoms with Gasteiger partial charge in [-0.2, -0.15) is 0 Å². The zero-order chi connectivity index (χ0) is 18.7. The standard InChI is InChI=1S/C19H22FNO4S/c1-3-24-17-11-10-15(13-18(17)25-4-2)26(22,23)21-12-6-8-14-7-5-9-16(20)19(14)21/h5,7,9-11,13H,3-4,6,8,12H2,1-2H3. The van der Waals surface area contributed by atoms with E-state index < -0.39 is 15.8 Å². The molecule has 0 amide bonds. The fourth-order valence-electron chi connectivity index (χ4n) is 3.13. The third-order valence-electron chi connectivity index (χ3n) is 4.23. The molecule has 0 atom stereocenters. The van der Waals surface area contributed by atoms with Crippen LogP contribution in [0.15, 0.2) is 41.3 Å². The molecule has 0 saturated heterocycles. The van der Waals surface area contributed by atoms with E-state index in [0.717, 1.165) is 4.31 Å². The number of anilines is 1. The van der Waals surface area contributed by atoms with Gasteiger partial charge in [-0.25, -0.2) is 12.8 Å². The summed E-state index contributed by atoms with van der Waals surface area (Å²) in [5, 5.41) is 0. The van der Waals surface area contributed by atoms with Gasteiger partial charge in [0.25, 0.3) is 10.0 Å². The average molecular weight is 379 g/mol. The number of hydrogen-bond donors (Lipinski definition) is 0. The highest BCUT2D eigenvalue weighted by molar-refractivity contribution is 7.92. The molecule has 7 heteroatoms. The molecule has 0 spiro atoms. The van der Waals surface area contributed by atoms with Gasteiger partial charge in [0.1, 0.15) is 5.82 Å². The predicted molar refractivity (Wildman–Crippen MR) is 98.0 cm³/mol. The van der Waals surface area contributed by atoms with Gasteiger partial charge in [-0.05, 0) is 50.5 Å². The molecule has 140 valence electrons. The highest BCUT2D eigenvalue weighted by Crippen LogP contribution is 2.36. The number of rotatable bonds is 6. The van der Waals surface area contributed by atoms with Crippen molar-refractivity contribution in [1.29, 1.82) is 0 Å². The zero-order valence-corrected chi connectivity index (χ0v) is 15.7. The SMILES string of the molecule is CCOc1ccc(S(=O)(=O)N2CCCc3cccc(F)c32)cc1OCC. The summed E-state index contributed by atoms with van der Waals surface area (Å²) in [5.74, 6) is 0.321. The summed E-state index contributed by atoms with van der Waals surface area (Å²) in [7, 11) is -3.91. The molecule has 0 N–H and O–H groups in total. The van der Waals surface area contributed by atoms with Crippen LogP contribution in [0.2, 0.25) is 0 Å². The zero-order valence-electron chi connectivity index (χ0n) is 14.9. The Hall–Kier alpha value is -2.28. The largest absolute Gasteiger partial charge is 0.490 e. The molecule has 0 aliphatic carbocycles. The third-order valence-corrected chi connectivity index (χ3v) is 6.03. The van der Waals surface area contributed by atoms with Crippen LogP contribution in [0.25, 0.3) is 0 Å². The molecule has 0 bridgehead atoms. The summed E-state index contributed by atoms with van der Waals surface area (Å²) in [6, 6.07) is 9.15. The van der Waals surface area contributed by atoms with Crippen LogP contribution in [0.1, 0.15) is 25.8 Å². The average Bonchev–Trinajstić information content (AvgIpc) is 2.63. The van der Waals surface area contributed by atoms with Gasteiger partial charge in [0.05, 0.1) is 23.8 Å². The lowest BCUT2D eigenvalue weighted by Gasteiger charge is -2.31. The van der Waals surface area contributed by atoms with Crippen molar-refractivity contribution in [1.82, 2.24) is 0 Å². The lowest BCUT2D eigenvalue weighted by Crippen LogP contribution is -2.36. The maximum atomic E-state index is 14.4. The molecular weight excluding hydrogens is 357 g/mol. The molecule has 0 unspecified atom stereocenters. The molecule has 26 heavy (non-hydrogen) atoms. The first-order chi connectivity index (χ1) is 12.5. The lowest BCUT2D eigenvalue weighted by molar-refractivity contribution is 0.287. The number of nitrogens with zero attached hydrogens (tertiary/aromatic N) is 1. The number of aryl methyl sites for hydroxylation is 1. The van der Waals surface area contributed by atoms with E-state index >= 15 is 0 Å². The van der Waals surface area contributed by atoms with Crippen molar-refractivity contribution in [3.05, 3.63) is 47.8 Å². The van der Waals surface area contributed by atoms with Gasteiger partial charge in [-0.15, -0.1) is 0 Å². The highest BCUT2D eigenvalue weighted by Gasteiger charge is 2.32. The Morgan fingerprint density at radius 2 is 1.81 bits per heavy atom. The molecule has 0 saturated carbocycles. The molecule has 1 heterocycles. The Morgan fingerprint density at radius 3 is 2.54 bits per heavy atom. The molecular formula is C19H22FNO4S. The maximum Gasteiger partial charge on any atom is 0.264 e. The molecule has 2 aromatic rings. The Morgan fingerprint density at radius 1 is 1.08 bits per heavy atom. The van der Waals surface area contributed by atoms with Crippen LogP contribution in [0.4, 0.5) is 10.1 Å².